The van der Waals surface area contributed by atoms with E-state index in [9.17, 15) is 19.2 Å². The Kier molecular flexibility index (Phi) is 11.1. The van der Waals surface area contributed by atoms with Gasteiger partial charge < -0.3 is 39.6 Å². The quantitative estimate of drug-likeness (QED) is 0.122. The lowest BCUT2D eigenvalue weighted by atomic mass is 10.0. The van der Waals surface area contributed by atoms with Crippen LogP contribution in [0.25, 0.3) is 0 Å². The van der Waals surface area contributed by atoms with Gasteiger partial charge in [-0.2, -0.15) is 0 Å². The first-order chi connectivity index (χ1) is 17.9. The SMILES string of the molecule is COc1c(NCC(=O)NCCOCCOCCOCO)cc(Br)c2c1C(=O)N(C1CCC(=O)NC1=O)C2. The van der Waals surface area contributed by atoms with Crippen molar-refractivity contribution in [2.45, 2.75) is 25.4 Å². The predicted molar refractivity (Wildman–Crippen MR) is 133 cm³/mol. The fourth-order valence-corrected chi connectivity index (χ4v) is 4.57. The Morgan fingerprint density at radius 3 is 2.54 bits per heavy atom. The molecule has 0 bridgehead atoms. The third-order valence-electron chi connectivity index (χ3n) is 5.77. The van der Waals surface area contributed by atoms with Gasteiger partial charge in [0.1, 0.15) is 12.8 Å². The Bertz CT molecular complexity index is 1010. The minimum Gasteiger partial charge on any atom is -0.494 e. The van der Waals surface area contributed by atoms with Gasteiger partial charge in [0.15, 0.2) is 5.75 Å². The van der Waals surface area contributed by atoms with Gasteiger partial charge in [-0.05, 0) is 12.5 Å². The number of anilines is 1. The van der Waals surface area contributed by atoms with E-state index in [2.05, 4.69) is 31.9 Å². The first-order valence-electron chi connectivity index (χ1n) is 11.8. The maximum Gasteiger partial charge on any atom is 0.259 e. The number of fused-ring (bicyclic) bond motifs is 1. The molecule has 1 fully saturated rings. The Balaban J connectivity index is 1.49. The van der Waals surface area contributed by atoms with E-state index >= 15 is 0 Å². The molecule has 4 N–H and O–H groups in total. The van der Waals surface area contributed by atoms with Crippen LogP contribution in [0.15, 0.2) is 10.5 Å². The summed E-state index contributed by atoms with van der Waals surface area (Å²) in [5, 5.41) is 16.5. The van der Waals surface area contributed by atoms with Gasteiger partial charge in [-0.25, -0.2) is 0 Å². The van der Waals surface area contributed by atoms with Crippen molar-refractivity contribution in [2.24, 2.45) is 0 Å². The Labute approximate surface area is 222 Å². The third-order valence-corrected chi connectivity index (χ3v) is 6.48. The highest BCUT2D eigenvalue weighted by atomic mass is 79.9. The van der Waals surface area contributed by atoms with Crippen molar-refractivity contribution < 1.29 is 43.2 Å². The van der Waals surface area contributed by atoms with Gasteiger partial charge in [-0.15, -0.1) is 0 Å². The average molecular weight is 587 g/mol. The van der Waals surface area contributed by atoms with E-state index < -0.39 is 11.9 Å². The summed E-state index contributed by atoms with van der Waals surface area (Å²) in [4.78, 5) is 50.8. The molecule has 4 amide bonds. The number of hydrogen-bond donors (Lipinski definition) is 4. The van der Waals surface area contributed by atoms with E-state index in [4.69, 9.17) is 24.1 Å². The summed E-state index contributed by atoms with van der Waals surface area (Å²) < 4.78 is 21.5. The molecule has 1 unspecified atom stereocenters. The first-order valence-corrected chi connectivity index (χ1v) is 12.5. The number of halogens is 1. The summed E-state index contributed by atoms with van der Waals surface area (Å²) in [6.45, 7) is 1.78. The summed E-state index contributed by atoms with van der Waals surface area (Å²) in [7, 11) is 1.43. The van der Waals surface area contributed by atoms with E-state index in [0.29, 0.717) is 60.9 Å². The molecule has 1 atom stereocenters. The van der Waals surface area contributed by atoms with E-state index in [1.54, 1.807) is 6.07 Å². The summed E-state index contributed by atoms with van der Waals surface area (Å²) >= 11 is 3.49. The zero-order valence-electron chi connectivity index (χ0n) is 20.5. The average Bonchev–Trinajstić information content (AvgIpc) is 3.21. The molecule has 2 heterocycles. The Hall–Kier alpha value is -2.78. The number of rotatable bonds is 15. The summed E-state index contributed by atoms with van der Waals surface area (Å²) in [6.07, 6.45) is 0.419. The second-order valence-electron chi connectivity index (χ2n) is 8.16. The van der Waals surface area contributed by atoms with E-state index in [-0.39, 0.29) is 56.2 Å². The van der Waals surface area contributed by atoms with Crippen molar-refractivity contribution in [1.82, 2.24) is 15.5 Å². The number of imide groups is 1. The molecule has 0 aromatic heterocycles. The first kappa shape index (κ1) is 28.8. The second kappa shape index (κ2) is 14.2. The highest BCUT2D eigenvalue weighted by Crippen LogP contribution is 2.42. The van der Waals surface area contributed by atoms with Gasteiger partial charge >= 0.3 is 0 Å². The van der Waals surface area contributed by atoms with Gasteiger partial charge in [0, 0.05) is 29.5 Å². The number of ether oxygens (including phenoxy) is 4. The van der Waals surface area contributed by atoms with Crippen LogP contribution in [-0.2, 0) is 35.1 Å². The van der Waals surface area contributed by atoms with Crippen LogP contribution in [0, 0.1) is 0 Å². The van der Waals surface area contributed by atoms with Gasteiger partial charge in [-0.1, -0.05) is 15.9 Å². The maximum absolute atomic E-state index is 13.3. The number of carbonyl (C=O) groups is 4. The van der Waals surface area contributed by atoms with Crippen LogP contribution < -0.4 is 20.7 Å². The lowest BCUT2D eigenvalue weighted by Gasteiger charge is -2.29. The van der Waals surface area contributed by atoms with Crippen molar-refractivity contribution in [3.8, 4) is 5.75 Å². The van der Waals surface area contributed by atoms with Gasteiger partial charge in [-0.3, -0.25) is 24.5 Å². The van der Waals surface area contributed by atoms with Crippen LogP contribution in [0.5, 0.6) is 5.75 Å². The molecule has 1 aromatic rings. The molecule has 0 spiro atoms. The molecular weight excluding hydrogens is 556 g/mol. The van der Waals surface area contributed by atoms with Crippen molar-refractivity contribution in [3.05, 3.63) is 21.7 Å². The van der Waals surface area contributed by atoms with Crippen LogP contribution in [0.4, 0.5) is 5.69 Å². The second-order valence-corrected chi connectivity index (χ2v) is 9.01. The van der Waals surface area contributed by atoms with Crippen LogP contribution in [-0.4, -0.2) is 99.7 Å². The lowest BCUT2D eigenvalue weighted by Crippen LogP contribution is -2.52. The van der Waals surface area contributed by atoms with E-state index in [0.717, 1.165) is 0 Å². The summed E-state index contributed by atoms with van der Waals surface area (Å²) in [6, 6.07) is 0.978. The largest absolute Gasteiger partial charge is 0.494 e. The molecule has 3 rings (SSSR count). The van der Waals surface area contributed by atoms with Crippen LogP contribution in [0.2, 0.25) is 0 Å². The fraction of sp³-hybridized carbons (Fsp3) is 0.565. The number of piperidine rings is 1. The fourth-order valence-electron chi connectivity index (χ4n) is 4.02. The zero-order chi connectivity index (χ0) is 26.8. The molecule has 1 saturated heterocycles. The molecule has 0 saturated carbocycles. The van der Waals surface area contributed by atoms with Crippen LogP contribution in [0.3, 0.4) is 0 Å². The monoisotopic (exact) mass is 586 g/mol. The number of methoxy groups -OCH3 is 1. The molecule has 14 heteroatoms. The number of carbonyl (C=O) groups excluding carboxylic acids is 4. The van der Waals surface area contributed by atoms with Crippen molar-refractivity contribution in [3.63, 3.8) is 0 Å². The van der Waals surface area contributed by atoms with Crippen molar-refractivity contribution in [2.75, 3.05) is 65.3 Å². The van der Waals surface area contributed by atoms with Crippen LogP contribution in [0.1, 0.15) is 28.8 Å². The van der Waals surface area contributed by atoms with Crippen molar-refractivity contribution in [1.29, 1.82) is 0 Å². The van der Waals surface area contributed by atoms with Crippen LogP contribution >= 0.6 is 15.9 Å². The molecule has 2 aliphatic heterocycles. The Morgan fingerprint density at radius 1 is 1.16 bits per heavy atom. The summed E-state index contributed by atoms with van der Waals surface area (Å²) in [5.74, 6) is -1.23. The Morgan fingerprint density at radius 2 is 1.86 bits per heavy atom. The van der Waals surface area contributed by atoms with E-state index in [1.165, 1.54) is 12.0 Å². The molecular formula is C23H31BrN4O9. The third kappa shape index (κ3) is 7.61. The van der Waals surface area contributed by atoms with Gasteiger partial charge in [0.25, 0.3) is 5.91 Å². The normalized spacial score (nSPS) is 17.0. The van der Waals surface area contributed by atoms with E-state index in [1.807, 2.05) is 0 Å². The van der Waals surface area contributed by atoms with Crippen molar-refractivity contribution >= 4 is 45.2 Å². The zero-order valence-corrected chi connectivity index (χ0v) is 22.1. The summed E-state index contributed by atoms with van der Waals surface area (Å²) in [5.41, 5.74) is 1.42. The maximum atomic E-state index is 13.3. The number of amides is 4. The molecule has 37 heavy (non-hydrogen) atoms. The predicted octanol–water partition coefficient (Wildman–Crippen LogP) is -0.254. The molecule has 1 aromatic carbocycles. The number of nitrogens with one attached hydrogen (secondary N) is 3. The lowest BCUT2D eigenvalue weighted by molar-refractivity contribution is -0.137. The minimum absolute atomic E-state index is 0.0688. The molecule has 0 aliphatic carbocycles. The number of aliphatic hydroxyl groups excluding tert-OH is 1. The highest BCUT2D eigenvalue weighted by molar-refractivity contribution is 9.10. The molecule has 0 radical (unpaired) electrons. The van der Waals surface area contributed by atoms with Gasteiger partial charge in [0.05, 0.1) is 57.9 Å². The smallest absolute Gasteiger partial charge is 0.259 e. The number of aliphatic hydroxyl groups is 1. The van der Waals surface area contributed by atoms with Gasteiger partial charge in [0.2, 0.25) is 17.7 Å². The minimum atomic E-state index is -0.745. The number of benzene rings is 1. The molecule has 13 nitrogen and oxygen atoms in total. The molecule has 204 valence electrons. The molecule has 2 aliphatic rings. The number of nitrogens with zero attached hydrogens (tertiary/aromatic N) is 1. The highest BCUT2D eigenvalue weighted by Gasteiger charge is 2.42. The number of hydrogen-bond acceptors (Lipinski definition) is 10. The topological polar surface area (TPSA) is 165 Å². The standard InChI is InChI=1S/C23H31BrN4O9/c1-34-21-16(26-11-19(31)25-4-5-35-6-7-36-8-9-37-13-29)10-15(24)14-12-28(23(33)20(14)21)17-2-3-18(30)27-22(17)32/h10,17,26,29H,2-9,11-13H2,1H3,(H,25,31)(H,27,30,32).